The van der Waals surface area contributed by atoms with E-state index in [1.807, 2.05) is 69.3 Å². The van der Waals surface area contributed by atoms with E-state index >= 15 is 0 Å². The first-order valence-corrected chi connectivity index (χ1v) is 36.2. The quantitative estimate of drug-likeness (QED) is 0.0137. The van der Waals surface area contributed by atoms with Crippen molar-refractivity contribution in [3.05, 3.63) is 119 Å². The number of cyclic esters (lactones) is 2. The Hall–Kier alpha value is -7.77. The summed E-state index contributed by atoms with van der Waals surface area (Å²) >= 11 is 0. The Morgan fingerprint density at radius 1 is 0.735 bits per heavy atom. The number of phosphoric ester groups is 2. The molecule has 1 heterocycles. The largest absolute Gasteiger partial charge is 0.481 e. The summed E-state index contributed by atoms with van der Waals surface area (Å²) in [4.78, 5) is 147. The number of esters is 2. The first kappa shape index (κ1) is 80.9. The first-order chi connectivity index (χ1) is 46.4. The highest BCUT2D eigenvalue weighted by atomic mass is 31.3. The van der Waals surface area contributed by atoms with Crippen molar-refractivity contribution in [3.63, 3.8) is 0 Å². The number of hydrogen-bond acceptors (Lipinski definition) is 18. The van der Waals surface area contributed by atoms with Gasteiger partial charge in [0.1, 0.15) is 43.0 Å². The van der Waals surface area contributed by atoms with Gasteiger partial charge in [0.25, 0.3) is 5.91 Å². The zero-order valence-corrected chi connectivity index (χ0v) is 59.9. The van der Waals surface area contributed by atoms with Crippen LogP contribution in [0.25, 0.3) is 11.1 Å². The van der Waals surface area contributed by atoms with E-state index in [4.69, 9.17) is 28.0 Å². The van der Waals surface area contributed by atoms with Crippen molar-refractivity contribution in [2.75, 3.05) is 53.6 Å². The fourth-order valence-electron chi connectivity index (χ4n) is 11.1. The number of rotatable bonds is 25. The van der Waals surface area contributed by atoms with Crippen LogP contribution in [-0.2, 0) is 81.4 Å². The lowest BCUT2D eigenvalue weighted by atomic mass is 9.90. The highest BCUT2D eigenvalue weighted by Crippen LogP contribution is 2.60. The molecule has 1 aliphatic carbocycles. The predicted octanol–water partition coefficient (Wildman–Crippen LogP) is 8.71. The molecule has 7 N–H and O–H groups in total. The number of likely N-dealkylation sites (N-methyl/N-ethyl adjacent to an activating group) is 2. The van der Waals surface area contributed by atoms with Crippen molar-refractivity contribution in [2.24, 2.45) is 17.8 Å². The fraction of sp³-hybridized carbons (Fsp3) is 0.551. The van der Waals surface area contributed by atoms with E-state index in [-0.39, 0.29) is 69.4 Å². The Morgan fingerprint density at radius 3 is 1.94 bits per heavy atom. The SMILES string of the molecule is C/C=C(\C)[C@H]1OC(=O)[C@@H](C)NC(=O)[C@H]([C@H](C)CC)NC(=O)CN(C)C(=O)[C@@H](Cc2ccccc2)N(C)C(=O)[C@H](C)NC(=O)[C@@H](CC(C)C)OC(=O)/C(C)=C/C[C@H](OC(=O)NCCCCCCCOP(=O)(O)OP(=O)(O)OCCNC(=O)OCC2c3ccccc3-c3ccccc32)[C@@H]1C. The van der Waals surface area contributed by atoms with Gasteiger partial charge in [-0.15, -0.1) is 0 Å². The van der Waals surface area contributed by atoms with E-state index in [1.165, 1.54) is 45.8 Å². The van der Waals surface area contributed by atoms with Gasteiger partial charge in [0.2, 0.25) is 23.6 Å². The Balaban J connectivity index is 1.19. The van der Waals surface area contributed by atoms with Crippen LogP contribution in [0.15, 0.2) is 102 Å². The average Bonchev–Trinajstić information content (AvgIpc) is 1.62. The van der Waals surface area contributed by atoms with Crippen molar-refractivity contribution >= 4 is 69.3 Å². The van der Waals surface area contributed by atoms with E-state index in [1.54, 1.807) is 64.1 Å². The van der Waals surface area contributed by atoms with Gasteiger partial charge in [-0.2, -0.15) is 4.31 Å². The molecular weight excluding hydrogens is 1310 g/mol. The molecule has 0 saturated heterocycles. The number of carbonyl (C=O) groups excluding carboxylic acids is 9. The summed E-state index contributed by atoms with van der Waals surface area (Å²) in [5.74, 6) is -6.89. The first-order valence-electron chi connectivity index (χ1n) is 33.2. The van der Waals surface area contributed by atoms with Crippen LogP contribution in [0.3, 0.4) is 0 Å². The van der Waals surface area contributed by atoms with Gasteiger partial charge in [0.05, 0.1) is 19.8 Å². The molecule has 2 aliphatic rings. The van der Waals surface area contributed by atoms with Crippen LogP contribution in [-0.4, -0.2) is 169 Å². The second-order valence-electron chi connectivity index (χ2n) is 25.2. The summed E-state index contributed by atoms with van der Waals surface area (Å²) in [5.41, 5.74) is 5.40. The highest BCUT2D eigenvalue weighted by molar-refractivity contribution is 7.61. The fourth-order valence-corrected chi connectivity index (χ4v) is 13.2. The highest BCUT2D eigenvalue weighted by Gasteiger charge is 2.39. The zero-order chi connectivity index (χ0) is 72.4. The molecule has 0 aromatic heterocycles. The maximum Gasteiger partial charge on any atom is 0.481 e. The molecule has 0 saturated carbocycles. The number of alkyl carbamates (subject to hydrolysis) is 2. The van der Waals surface area contributed by atoms with Gasteiger partial charge in [-0.3, -0.25) is 33.0 Å². The van der Waals surface area contributed by atoms with Crippen LogP contribution >= 0.6 is 15.6 Å². The summed E-state index contributed by atoms with van der Waals surface area (Å²) in [5, 5.41) is 13.2. The third-order valence-corrected chi connectivity index (χ3v) is 19.7. The van der Waals surface area contributed by atoms with Crippen molar-refractivity contribution < 1.29 is 94.4 Å². The lowest BCUT2D eigenvalue weighted by molar-refractivity contribution is -0.155. The normalized spacial score (nSPS) is 23.6. The van der Waals surface area contributed by atoms with E-state index < -0.39 is 137 Å². The zero-order valence-electron chi connectivity index (χ0n) is 58.1. The maximum atomic E-state index is 14.4. The monoisotopic (exact) mass is 1410 g/mol. The van der Waals surface area contributed by atoms with E-state index in [9.17, 15) is 62.1 Å². The van der Waals surface area contributed by atoms with E-state index in [0.29, 0.717) is 43.2 Å². The molecule has 1 aliphatic heterocycles. The molecule has 3 aromatic rings. The Kier molecular flexibility index (Phi) is 32.3. The molecule has 29 heteroatoms. The number of nitrogens with zero attached hydrogens (tertiary/aromatic N) is 2. The molecule has 3 aromatic carbocycles. The number of amides is 7. The van der Waals surface area contributed by atoms with E-state index in [0.717, 1.165) is 27.2 Å². The summed E-state index contributed by atoms with van der Waals surface area (Å²) in [6.07, 6.45) is 0.606. The van der Waals surface area contributed by atoms with Gasteiger partial charge < -0.3 is 65.1 Å². The summed E-state index contributed by atoms with van der Waals surface area (Å²) in [6.45, 7) is 15.0. The summed E-state index contributed by atoms with van der Waals surface area (Å²) < 4.78 is 62.6. The van der Waals surface area contributed by atoms with E-state index in [2.05, 4.69) is 30.9 Å². The molecule has 5 rings (SSSR count). The van der Waals surface area contributed by atoms with Crippen LogP contribution in [0.1, 0.15) is 143 Å². The van der Waals surface area contributed by atoms with Gasteiger partial charge in [-0.25, -0.2) is 28.3 Å². The standard InChI is InChI=1S/C69H99N7O20P2/c1-13-44(5)60-63(79)73-49(10)67(83)95-61(45(6)14-2)47(8)57(34-33-46(7)66(82)93-58(39-43(3)4)62(78)72-48(9)64(80)76(12)56(40-50-27-19-18-20-28-50)65(81)75(11)41-59(77)74-60)94-69(85)70-35-25-16-15-17-26-37-91-97(86,87)96-98(88,89)92-38-36-71-68(84)90-42-55-53-31-23-21-29-51(53)52-30-22-24-32-54(52)55/h14,18-24,27-33,43-44,47-49,55-58,60-61H,13,15-17,25-26,34-42H2,1-12H3,(H,70,85)(H,71,84)(H,72,78)(H,73,79)(H,74,77)(H,86,87)(H,88,89)/b45-14+,46-33+/t44-,47+,48+,49-,56-,57+,58-,60+,61-/m1/s1. The number of carbonyl (C=O) groups is 9. The molecule has 27 nitrogen and oxygen atoms in total. The Labute approximate surface area is 574 Å². The van der Waals surface area contributed by atoms with Crippen LogP contribution in [0.2, 0.25) is 0 Å². The molecule has 2 unspecified atom stereocenters. The lowest BCUT2D eigenvalue weighted by Gasteiger charge is -2.33. The van der Waals surface area contributed by atoms with Crippen molar-refractivity contribution in [1.29, 1.82) is 0 Å². The molecule has 0 bridgehead atoms. The summed E-state index contributed by atoms with van der Waals surface area (Å²) in [7, 11) is -7.41. The molecule has 98 heavy (non-hydrogen) atoms. The summed E-state index contributed by atoms with van der Waals surface area (Å²) in [6, 6.07) is 19.6. The Bertz CT molecular complexity index is 3340. The third-order valence-electron chi connectivity index (χ3n) is 17.1. The van der Waals surface area contributed by atoms with Crippen LogP contribution < -0.4 is 26.6 Å². The van der Waals surface area contributed by atoms with Crippen molar-refractivity contribution in [2.45, 2.75) is 175 Å². The minimum Gasteiger partial charge on any atom is -0.456 e. The molecule has 11 atom stereocenters. The Morgan fingerprint density at radius 2 is 1.32 bits per heavy atom. The number of nitrogens with one attached hydrogen (secondary N) is 5. The van der Waals surface area contributed by atoms with Gasteiger partial charge in [0.15, 0.2) is 6.10 Å². The number of benzene rings is 3. The van der Waals surface area contributed by atoms with Gasteiger partial charge in [0, 0.05) is 57.4 Å². The van der Waals surface area contributed by atoms with Crippen LogP contribution in [0.4, 0.5) is 9.59 Å². The molecular formula is C69H99N7O20P2. The topological polar surface area (TPSA) is 359 Å². The smallest absolute Gasteiger partial charge is 0.456 e. The van der Waals surface area contributed by atoms with Gasteiger partial charge in [-0.05, 0) is 99.1 Å². The van der Waals surface area contributed by atoms with Crippen molar-refractivity contribution in [3.8, 4) is 11.1 Å². The van der Waals surface area contributed by atoms with Gasteiger partial charge in [-0.1, -0.05) is 151 Å². The number of allylic oxidation sites excluding steroid dienone is 1. The number of unbranched alkanes of at least 4 members (excludes halogenated alkanes) is 4. The second-order valence-corrected chi connectivity index (χ2v) is 28.3. The minimum atomic E-state index is -5.12. The third kappa shape index (κ3) is 25.2. The molecule has 540 valence electrons. The number of hydrogen-bond donors (Lipinski definition) is 7. The predicted molar refractivity (Wildman–Crippen MR) is 364 cm³/mol. The maximum absolute atomic E-state index is 14.4. The van der Waals surface area contributed by atoms with Gasteiger partial charge >= 0.3 is 39.8 Å². The molecule has 0 spiro atoms. The minimum absolute atomic E-state index is 0.0250. The number of phosphoric acid groups is 2. The molecule has 0 fully saturated rings. The lowest BCUT2D eigenvalue weighted by Crippen LogP contribution is -2.57. The number of ether oxygens (including phenoxy) is 4. The van der Waals surface area contributed by atoms with Crippen LogP contribution in [0, 0.1) is 17.8 Å². The second kappa shape index (κ2) is 39.1. The molecule has 7 amide bonds. The molecule has 0 radical (unpaired) electrons. The van der Waals surface area contributed by atoms with Crippen molar-refractivity contribution in [1.82, 2.24) is 36.4 Å². The average molecular weight is 1410 g/mol. The number of fused-ring (bicyclic) bond motifs is 3. The van der Waals surface area contributed by atoms with Crippen LogP contribution in [0.5, 0.6) is 0 Å².